The van der Waals surface area contributed by atoms with Gasteiger partial charge in [0.2, 0.25) is 0 Å². The van der Waals surface area contributed by atoms with Crippen molar-refractivity contribution in [2.45, 2.75) is 12.5 Å². The Kier molecular flexibility index (Phi) is 5.46. The van der Waals surface area contributed by atoms with E-state index >= 15 is 0 Å². The molecule has 1 unspecified atom stereocenters. The molecule has 0 aliphatic carbocycles. The van der Waals surface area contributed by atoms with Crippen LogP contribution in [0.15, 0.2) is 30.3 Å². The summed E-state index contributed by atoms with van der Waals surface area (Å²) in [4.78, 5) is 24.3. The molecule has 2 aromatic rings. The highest BCUT2D eigenvalue weighted by Gasteiger charge is 2.29. The maximum atomic E-state index is 13.4. The summed E-state index contributed by atoms with van der Waals surface area (Å²) in [6.07, 6.45) is 0.481. The Labute approximate surface area is 158 Å². The fraction of sp³-hybridized carbons (Fsp3) is 0.222. The number of hydrogen-bond donors (Lipinski definition) is 3. The molecule has 9 heteroatoms. The maximum Gasteiger partial charge on any atom is 0.315 e. The second kappa shape index (κ2) is 7.79. The fourth-order valence-corrected chi connectivity index (χ4v) is 3.09. The monoisotopic (exact) mass is 395 g/mol. The summed E-state index contributed by atoms with van der Waals surface area (Å²) in [6, 6.07) is 5.22. The first-order chi connectivity index (χ1) is 12.9. The highest BCUT2D eigenvalue weighted by atomic mass is 35.5. The topological polar surface area (TPSA) is 79.5 Å². The number of nitrogens with one attached hydrogen (secondary N) is 3. The number of carbonyl (C=O) groups is 2. The van der Waals surface area contributed by atoms with Gasteiger partial charge in [-0.15, -0.1) is 0 Å². The quantitative estimate of drug-likeness (QED) is 0.742. The van der Waals surface area contributed by atoms with E-state index in [0.29, 0.717) is 17.0 Å². The largest absolute Gasteiger partial charge is 0.492 e. The van der Waals surface area contributed by atoms with E-state index in [1.54, 1.807) is 0 Å². The van der Waals surface area contributed by atoms with Crippen LogP contribution < -0.4 is 20.7 Å². The average molecular weight is 396 g/mol. The van der Waals surface area contributed by atoms with Crippen LogP contribution in [0.5, 0.6) is 5.75 Å². The van der Waals surface area contributed by atoms with Gasteiger partial charge in [-0.1, -0.05) is 11.6 Å². The van der Waals surface area contributed by atoms with Gasteiger partial charge in [-0.05, 0) is 24.3 Å². The predicted octanol–water partition coefficient (Wildman–Crippen LogP) is 3.62. The molecule has 3 N–H and O–H groups in total. The van der Waals surface area contributed by atoms with Crippen molar-refractivity contribution in [1.82, 2.24) is 10.6 Å². The van der Waals surface area contributed by atoms with Crippen molar-refractivity contribution in [3.05, 3.63) is 58.1 Å². The molecule has 1 atom stereocenters. The molecule has 3 rings (SSSR count). The number of urea groups is 1. The van der Waals surface area contributed by atoms with E-state index in [9.17, 15) is 18.4 Å². The van der Waals surface area contributed by atoms with Gasteiger partial charge < -0.3 is 20.7 Å². The average Bonchev–Trinajstić information content (AvgIpc) is 2.65. The lowest BCUT2D eigenvalue weighted by atomic mass is 9.97. The number of halogens is 3. The molecule has 3 amide bonds. The van der Waals surface area contributed by atoms with Gasteiger partial charge in [0, 0.05) is 35.8 Å². The van der Waals surface area contributed by atoms with Crippen LogP contribution in [0.3, 0.4) is 0 Å². The molecule has 142 valence electrons. The molecule has 0 bridgehead atoms. The summed E-state index contributed by atoms with van der Waals surface area (Å²) in [5.41, 5.74) is 0.755. The lowest BCUT2D eigenvalue weighted by Crippen LogP contribution is -2.38. The first-order valence-electron chi connectivity index (χ1n) is 8.10. The lowest BCUT2D eigenvalue weighted by molar-refractivity contribution is 0.102. The summed E-state index contributed by atoms with van der Waals surface area (Å²) in [6.45, 7) is 0.271. The zero-order chi connectivity index (χ0) is 19.6. The summed E-state index contributed by atoms with van der Waals surface area (Å²) in [5.74, 6) is -2.41. The molecule has 0 radical (unpaired) electrons. The van der Waals surface area contributed by atoms with E-state index in [1.165, 1.54) is 25.2 Å². The van der Waals surface area contributed by atoms with E-state index in [4.69, 9.17) is 16.3 Å². The van der Waals surface area contributed by atoms with Crippen molar-refractivity contribution >= 4 is 29.2 Å². The molecular weight excluding hydrogens is 380 g/mol. The molecule has 0 saturated heterocycles. The molecule has 2 aromatic carbocycles. The van der Waals surface area contributed by atoms with Crippen molar-refractivity contribution in [3.8, 4) is 5.75 Å². The van der Waals surface area contributed by atoms with Crippen LogP contribution in [0.25, 0.3) is 0 Å². The Hall–Kier alpha value is -2.87. The normalized spacial score (nSPS) is 15.3. The van der Waals surface area contributed by atoms with Crippen molar-refractivity contribution < 1.29 is 23.1 Å². The number of fused-ring (bicyclic) bond motifs is 1. The Morgan fingerprint density at radius 1 is 1.19 bits per heavy atom. The van der Waals surface area contributed by atoms with Crippen LogP contribution in [0.4, 0.5) is 19.3 Å². The minimum atomic E-state index is -1.07. The van der Waals surface area contributed by atoms with Crippen LogP contribution in [0, 0.1) is 11.6 Å². The minimum Gasteiger partial charge on any atom is -0.492 e. The fourth-order valence-electron chi connectivity index (χ4n) is 2.80. The zero-order valence-electron chi connectivity index (χ0n) is 14.2. The first kappa shape index (κ1) is 18.9. The molecule has 6 nitrogen and oxygen atoms in total. The Bertz CT molecular complexity index is 908. The number of hydrogen-bond acceptors (Lipinski definition) is 3. The van der Waals surface area contributed by atoms with Crippen molar-refractivity contribution in [2.75, 3.05) is 19.0 Å². The van der Waals surface area contributed by atoms with Gasteiger partial charge in [0.15, 0.2) is 11.6 Å². The minimum absolute atomic E-state index is 0.0958. The highest BCUT2D eigenvalue weighted by Crippen LogP contribution is 2.40. The standard InChI is InChI=1S/C18H16ClF2N3O3/c1-22-18(26)24-14-6-7-27-16-10(3-4-11(19)15(14)16)17(25)23-9-2-5-12(20)13(21)8-9/h2-5,8,14H,6-7H2,1H3,(H,23,25)(H2,22,24,26). The first-order valence-corrected chi connectivity index (χ1v) is 8.48. The number of amides is 3. The van der Waals surface area contributed by atoms with Crippen LogP contribution in [0.2, 0.25) is 5.02 Å². The molecule has 27 heavy (non-hydrogen) atoms. The van der Waals surface area contributed by atoms with E-state index in [1.807, 2.05) is 0 Å². The smallest absolute Gasteiger partial charge is 0.315 e. The Balaban J connectivity index is 1.92. The highest BCUT2D eigenvalue weighted by molar-refractivity contribution is 6.32. The second-order valence-electron chi connectivity index (χ2n) is 5.83. The Morgan fingerprint density at radius 3 is 2.67 bits per heavy atom. The van der Waals surface area contributed by atoms with Crippen molar-refractivity contribution in [3.63, 3.8) is 0 Å². The van der Waals surface area contributed by atoms with Gasteiger partial charge in [0.1, 0.15) is 5.75 Å². The van der Waals surface area contributed by atoms with E-state index in [0.717, 1.165) is 12.1 Å². The lowest BCUT2D eigenvalue weighted by Gasteiger charge is -2.29. The van der Waals surface area contributed by atoms with E-state index in [-0.39, 0.29) is 29.6 Å². The molecule has 0 aromatic heterocycles. The summed E-state index contributed by atoms with van der Waals surface area (Å²) < 4.78 is 32.0. The zero-order valence-corrected chi connectivity index (χ0v) is 15.0. The number of anilines is 1. The van der Waals surface area contributed by atoms with Gasteiger partial charge in [-0.3, -0.25) is 4.79 Å². The summed E-state index contributed by atoms with van der Waals surface area (Å²) in [7, 11) is 1.49. The van der Waals surface area contributed by atoms with Gasteiger partial charge in [-0.25, -0.2) is 13.6 Å². The molecule has 1 heterocycles. The van der Waals surface area contributed by atoms with Gasteiger partial charge in [0.25, 0.3) is 5.91 Å². The van der Waals surface area contributed by atoms with Gasteiger partial charge in [0.05, 0.1) is 18.2 Å². The SMILES string of the molecule is CNC(=O)NC1CCOc2c(C(=O)Nc3ccc(F)c(F)c3)ccc(Cl)c21. The Morgan fingerprint density at radius 2 is 1.96 bits per heavy atom. The molecule has 1 aliphatic rings. The van der Waals surface area contributed by atoms with Gasteiger partial charge in [-0.2, -0.15) is 0 Å². The number of carbonyl (C=O) groups excluding carboxylic acids is 2. The second-order valence-corrected chi connectivity index (χ2v) is 6.24. The number of benzene rings is 2. The van der Waals surface area contributed by atoms with Crippen molar-refractivity contribution in [1.29, 1.82) is 0 Å². The molecule has 0 saturated carbocycles. The summed E-state index contributed by atoms with van der Waals surface area (Å²) in [5, 5.41) is 8.06. The van der Waals surface area contributed by atoms with Crippen LogP contribution in [0.1, 0.15) is 28.4 Å². The molecule has 0 spiro atoms. The number of rotatable bonds is 3. The van der Waals surface area contributed by atoms with E-state index < -0.39 is 23.6 Å². The predicted molar refractivity (Wildman–Crippen MR) is 96.2 cm³/mol. The third-order valence-corrected chi connectivity index (χ3v) is 4.43. The third-order valence-electron chi connectivity index (χ3n) is 4.10. The molecular formula is C18H16ClF2N3O3. The molecule has 1 aliphatic heterocycles. The summed E-state index contributed by atoms with van der Waals surface area (Å²) >= 11 is 6.26. The molecule has 0 fully saturated rings. The van der Waals surface area contributed by atoms with E-state index in [2.05, 4.69) is 16.0 Å². The van der Waals surface area contributed by atoms with Crippen LogP contribution in [-0.2, 0) is 0 Å². The number of ether oxygens (including phenoxy) is 1. The maximum absolute atomic E-state index is 13.4. The van der Waals surface area contributed by atoms with Crippen molar-refractivity contribution in [2.24, 2.45) is 0 Å². The van der Waals surface area contributed by atoms with Crippen LogP contribution >= 0.6 is 11.6 Å². The third kappa shape index (κ3) is 3.95. The van der Waals surface area contributed by atoms with Gasteiger partial charge >= 0.3 is 6.03 Å². The van der Waals surface area contributed by atoms with Crippen LogP contribution in [-0.4, -0.2) is 25.6 Å².